The Morgan fingerprint density at radius 3 is 2.00 bits per heavy atom. The van der Waals surface area contributed by atoms with Crippen molar-refractivity contribution >= 4 is 19.1 Å². The summed E-state index contributed by atoms with van der Waals surface area (Å²) in [6.07, 6.45) is 3.10. The zero-order chi connectivity index (χ0) is 21.1. The molecule has 6 nitrogen and oxygen atoms in total. The lowest BCUT2D eigenvalue weighted by molar-refractivity contribution is -0.384. The molecular formula is C21H34N4O2Si. The molecule has 0 radical (unpaired) electrons. The normalized spacial score (nSPS) is 12.4. The first-order valence-electron chi connectivity index (χ1n) is 10.4. The summed E-state index contributed by atoms with van der Waals surface area (Å²) in [5.41, 5.74) is 3.78. The zero-order valence-corrected chi connectivity index (χ0v) is 19.3. The van der Waals surface area contributed by atoms with Crippen molar-refractivity contribution in [1.82, 2.24) is 15.0 Å². The van der Waals surface area contributed by atoms with Gasteiger partial charge in [-0.1, -0.05) is 60.1 Å². The molecule has 1 aromatic heterocycles. The van der Waals surface area contributed by atoms with E-state index in [1.807, 2.05) is 4.68 Å². The number of nitrogens with zero attached hydrogens (tertiary/aromatic N) is 4. The molecule has 0 aliphatic heterocycles. The molecular weight excluding hydrogens is 368 g/mol. The largest absolute Gasteiger partial charge is 0.269 e. The fraction of sp³-hybridized carbons (Fsp3) is 0.619. The van der Waals surface area contributed by atoms with Gasteiger partial charge in [-0.05, 0) is 41.6 Å². The van der Waals surface area contributed by atoms with Crippen LogP contribution in [0.2, 0.25) is 16.6 Å². The van der Waals surface area contributed by atoms with E-state index in [1.165, 1.54) is 23.1 Å². The molecule has 0 spiro atoms. The molecule has 0 amide bonds. The molecule has 0 fully saturated rings. The van der Waals surface area contributed by atoms with Crippen LogP contribution in [0.5, 0.6) is 0 Å². The fourth-order valence-electron chi connectivity index (χ4n) is 4.95. The van der Waals surface area contributed by atoms with Gasteiger partial charge in [0.15, 0.2) is 0 Å². The van der Waals surface area contributed by atoms with Crippen LogP contribution in [0.3, 0.4) is 0 Å². The van der Waals surface area contributed by atoms with Gasteiger partial charge in [0.05, 0.1) is 21.6 Å². The van der Waals surface area contributed by atoms with E-state index in [1.54, 1.807) is 12.1 Å². The average Bonchev–Trinajstić information content (AvgIpc) is 3.03. The minimum absolute atomic E-state index is 0.0921. The summed E-state index contributed by atoms with van der Waals surface area (Å²) in [4.78, 5) is 10.6. The molecule has 1 aromatic carbocycles. The van der Waals surface area contributed by atoms with Crippen molar-refractivity contribution in [3.8, 4) is 5.69 Å². The zero-order valence-electron chi connectivity index (χ0n) is 18.3. The molecule has 0 aliphatic rings. The highest BCUT2D eigenvalue weighted by molar-refractivity contribution is 6.94. The maximum atomic E-state index is 11.0. The van der Waals surface area contributed by atoms with E-state index in [0.29, 0.717) is 16.6 Å². The van der Waals surface area contributed by atoms with E-state index in [4.69, 9.17) is 5.10 Å². The Morgan fingerprint density at radius 2 is 1.57 bits per heavy atom. The van der Waals surface area contributed by atoms with Crippen molar-refractivity contribution in [2.24, 2.45) is 0 Å². The number of nitro groups is 1. The highest BCUT2D eigenvalue weighted by Gasteiger charge is 2.48. The highest BCUT2D eigenvalue weighted by atomic mass is 28.3. The van der Waals surface area contributed by atoms with Crippen LogP contribution in [0, 0.1) is 10.1 Å². The summed E-state index contributed by atoms with van der Waals surface area (Å²) in [7, 11) is -1.94. The first kappa shape index (κ1) is 22.3. The number of hydrogen-bond donors (Lipinski definition) is 0. The molecule has 2 rings (SSSR count). The van der Waals surface area contributed by atoms with E-state index < -0.39 is 8.07 Å². The van der Waals surface area contributed by atoms with Crippen LogP contribution >= 0.6 is 0 Å². The van der Waals surface area contributed by atoms with Gasteiger partial charge in [-0.25, -0.2) is 4.68 Å². The molecule has 2 aromatic rings. The van der Waals surface area contributed by atoms with Crippen molar-refractivity contribution in [2.75, 3.05) is 0 Å². The van der Waals surface area contributed by atoms with Crippen LogP contribution in [0.4, 0.5) is 5.69 Å². The predicted molar refractivity (Wildman–Crippen MR) is 117 cm³/mol. The third-order valence-electron chi connectivity index (χ3n) is 6.11. The van der Waals surface area contributed by atoms with Gasteiger partial charge in [-0.15, -0.1) is 5.10 Å². The maximum Gasteiger partial charge on any atom is 0.269 e. The van der Waals surface area contributed by atoms with Crippen molar-refractivity contribution < 1.29 is 4.92 Å². The number of benzene rings is 1. The summed E-state index contributed by atoms with van der Waals surface area (Å²) in [6.45, 7) is 16.2. The molecule has 154 valence electrons. The van der Waals surface area contributed by atoms with Crippen LogP contribution in [0.25, 0.3) is 5.69 Å². The number of nitro benzene ring substituents is 1. The Kier molecular flexibility index (Phi) is 7.15. The second-order valence-electron chi connectivity index (χ2n) is 8.57. The van der Waals surface area contributed by atoms with E-state index in [9.17, 15) is 10.1 Å². The Morgan fingerprint density at radius 1 is 1.04 bits per heavy atom. The molecule has 28 heavy (non-hydrogen) atoms. The second kappa shape index (κ2) is 8.98. The first-order valence-corrected chi connectivity index (χ1v) is 12.6. The van der Waals surface area contributed by atoms with Crippen molar-refractivity contribution in [3.05, 3.63) is 40.1 Å². The Bertz CT molecular complexity index is 775. The molecule has 0 atom stereocenters. The lowest BCUT2D eigenvalue weighted by Gasteiger charge is -2.42. The Labute approximate surface area is 169 Å². The quantitative estimate of drug-likeness (QED) is 0.319. The summed E-state index contributed by atoms with van der Waals surface area (Å²) in [5.74, 6) is 0. The van der Waals surface area contributed by atoms with Gasteiger partial charge >= 0.3 is 0 Å². The third kappa shape index (κ3) is 3.90. The van der Waals surface area contributed by atoms with Crippen molar-refractivity contribution in [1.29, 1.82) is 0 Å². The van der Waals surface area contributed by atoms with Gasteiger partial charge in [0.1, 0.15) is 8.07 Å². The second-order valence-corrected chi connectivity index (χ2v) is 14.4. The van der Waals surface area contributed by atoms with Gasteiger partial charge in [-0.3, -0.25) is 10.1 Å². The third-order valence-corrected chi connectivity index (χ3v) is 13.1. The SMILES string of the molecule is CCCCc1c([Si](C(C)C)(C(C)C)C(C)C)nnn1-c1ccc([N+](=O)[O-])cc1. The van der Waals surface area contributed by atoms with Crippen LogP contribution in [-0.2, 0) is 6.42 Å². The predicted octanol–water partition coefficient (Wildman–Crippen LogP) is 5.40. The summed E-state index contributed by atoms with van der Waals surface area (Å²) >= 11 is 0. The Hall–Kier alpha value is -2.02. The van der Waals surface area contributed by atoms with Crippen LogP contribution in [0.1, 0.15) is 67.0 Å². The minimum atomic E-state index is -1.94. The number of aromatic nitrogens is 3. The number of non-ortho nitro benzene ring substituents is 1. The molecule has 0 aliphatic carbocycles. The van der Waals surface area contributed by atoms with Gasteiger partial charge in [-0.2, -0.15) is 0 Å². The van der Waals surface area contributed by atoms with Gasteiger partial charge in [0.2, 0.25) is 0 Å². The minimum Gasteiger partial charge on any atom is -0.258 e. The topological polar surface area (TPSA) is 73.8 Å². The standard InChI is InChI=1S/C21H34N4O2Si/c1-8-9-10-20-21(28(15(2)3,16(4)5)17(6)7)22-23-24(20)18-11-13-19(14-12-18)25(26)27/h11-17H,8-10H2,1-7H3. The molecule has 1 heterocycles. The van der Waals surface area contributed by atoms with E-state index >= 15 is 0 Å². The van der Waals surface area contributed by atoms with Gasteiger partial charge in [0, 0.05) is 12.1 Å². The number of rotatable bonds is 9. The molecule has 0 saturated carbocycles. The molecule has 0 N–H and O–H groups in total. The number of unbranched alkanes of at least 4 members (excludes halogenated alkanes) is 1. The summed E-state index contributed by atoms with van der Waals surface area (Å²) in [6, 6.07) is 6.63. The molecule has 0 unspecified atom stereocenters. The summed E-state index contributed by atoms with van der Waals surface area (Å²) in [5, 5.41) is 21.6. The highest BCUT2D eigenvalue weighted by Crippen LogP contribution is 2.41. The van der Waals surface area contributed by atoms with E-state index in [2.05, 4.69) is 53.7 Å². The Balaban J connectivity index is 2.67. The molecule has 7 heteroatoms. The van der Waals surface area contributed by atoms with Gasteiger partial charge in [0.25, 0.3) is 5.69 Å². The average molecular weight is 403 g/mol. The maximum absolute atomic E-state index is 11.0. The number of hydrogen-bond acceptors (Lipinski definition) is 4. The smallest absolute Gasteiger partial charge is 0.258 e. The van der Waals surface area contributed by atoms with E-state index in [-0.39, 0.29) is 10.6 Å². The van der Waals surface area contributed by atoms with Crippen LogP contribution in [0.15, 0.2) is 24.3 Å². The summed E-state index contributed by atoms with van der Waals surface area (Å²) < 4.78 is 1.92. The fourth-order valence-corrected chi connectivity index (χ4v) is 11.5. The first-order chi connectivity index (χ1) is 13.2. The van der Waals surface area contributed by atoms with Crippen LogP contribution < -0.4 is 5.32 Å². The monoisotopic (exact) mass is 402 g/mol. The molecule has 0 bridgehead atoms. The molecule has 0 saturated heterocycles. The lowest BCUT2D eigenvalue weighted by atomic mass is 10.2. The van der Waals surface area contributed by atoms with Crippen LogP contribution in [-0.4, -0.2) is 28.0 Å². The van der Waals surface area contributed by atoms with Crippen molar-refractivity contribution in [2.45, 2.75) is 84.4 Å². The van der Waals surface area contributed by atoms with Gasteiger partial charge < -0.3 is 0 Å². The van der Waals surface area contributed by atoms with E-state index in [0.717, 1.165) is 24.9 Å². The van der Waals surface area contributed by atoms with Crippen molar-refractivity contribution in [3.63, 3.8) is 0 Å². The lowest BCUT2D eigenvalue weighted by Crippen LogP contribution is -2.57.